The molecule has 4 N–H and O–H groups in total. The number of aromatic nitrogens is 1. The van der Waals surface area contributed by atoms with E-state index < -0.39 is 0 Å². The maximum atomic E-state index is 5.66. The zero-order chi connectivity index (χ0) is 21.5. The third kappa shape index (κ3) is 6.14. The van der Waals surface area contributed by atoms with Crippen LogP contribution in [0.5, 0.6) is 0 Å². The number of nitrogens with zero attached hydrogens (tertiary/aromatic N) is 1. The van der Waals surface area contributed by atoms with Crippen LogP contribution >= 0.6 is 12.4 Å². The number of hydrogen-bond donors (Lipinski definition) is 3. The van der Waals surface area contributed by atoms with E-state index in [1.54, 1.807) is 0 Å². The van der Waals surface area contributed by atoms with Crippen LogP contribution in [-0.4, -0.2) is 37.3 Å². The van der Waals surface area contributed by atoms with Crippen molar-refractivity contribution in [2.75, 3.05) is 32.7 Å². The first-order valence-electron chi connectivity index (χ1n) is 12.0. The molecule has 0 radical (unpaired) electrons. The molecular weight excluding hydrogens is 416 g/mol. The van der Waals surface area contributed by atoms with Crippen molar-refractivity contribution in [3.63, 3.8) is 0 Å². The van der Waals surface area contributed by atoms with Crippen LogP contribution in [0.25, 0.3) is 10.9 Å². The van der Waals surface area contributed by atoms with Crippen molar-refractivity contribution in [3.05, 3.63) is 71.4 Å². The summed E-state index contributed by atoms with van der Waals surface area (Å²) in [6.45, 7) is 8.37. The molecule has 5 heteroatoms. The fourth-order valence-electron chi connectivity index (χ4n) is 5.03. The lowest BCUT2D eigenvalue weighted by Crippen LogP contribution is -2.29. The molecule has 0 aliphatic carbocycles. The van der Waals surface area contributed by atoms with Gasteiger partial charge in [-0.25, -0.2) is 0 Å². The van der Waals surface area contributed by atoms with Gasteiger partial charge in [0.05, 0.1) is 0 Å². The summed E-state index contributed by atoms with van der Waals surface area (Å²) in [6, 6.07) is 18.0. The highest BCUT2D eigenvalue weighted by Gasteiger charge is 2.21. The molecule has 0 bridgehead atoms. The lowest BCUT2D eigenvalue weighted by Gasteiger charge is -2.23. The standard InChI is InChI=1S/C27H38N4.ClH/c1-21-6-4-7-23(18-21)24(12-17-29-14-5-13-28)26-20-31(19-22-10-15-30-16-11-22)27-9-3-2-8-25(26)27;/h2-4,6-9,18,20,22,24,29-30H,5,10-17,19,28H2,1H3;1H. The minimum atomic E-state index is 0. The van der Waals surface area contributed by atoms with Gasteiger partial charge in [0.15, 0.2) is 0 Å². The van der Waals surface area contributed by atoms with Crippen molar-refractivity contribution in [1.29, 1.82) is 0 Å². The van der Waals surface area contributed by atoms with E-state index in [2.05, 4.69) is 76.9 Å². The van der Waals surface area contributed by atoms with E-state index in [0.717, 1.165) is 58.0 Å². The molecule has 1 aromatic heterocycles. The van der Waals surface area contributed by atoms with Crippen LogP contribution in [0.3, 0.4) is 0 Å². The maximum absolute atomic E-state index is 5.66. The van der Waals surface area contributed by atoms with Crippen LogP contribution in [-0.2, 0) is 6.54 Å². The molecule has 32 heavy (non-hydrogen) atoms. The minimum Gasteiger partial charge on any atom is -0.347 e. The van der Waals surface area contributed by atoms with E-state index in [1.165, 1.54) is 40.4 Å². The summed E-state index contributed by atoms with van der Waals surface area (Å²) in [7, 11) is 0. The molecule has 2 heterocycles. The third-order valence-electron chi connectivity index (χ3n) is 6.72. The van der Waals surface area contributed by atoms with Gasteiger partial charge in [0.25, 0.3) is 0 Å². The zero-order valence-corrected chi connectivity index (χ0v) is 20.2. The number of para-hydroxylation sites is 1. The molecule has 4 rings (SSSR count). The van der Waals surface area contributed by atoms with Crippen LogP contribution in [0.15, 0.2) is 54.7 Å². The summed E-state index contributed by atoms with van der Waals surface area (Å²) < 4.78 is 2.53. The van der Waals surface area contributed by atoms with Crippen molar-refractivity contribution in [2.24, 2.45) is 11.7 Å². The Morgan fingerprint density at radius 2 is 1.91 bits per heavy atom. The average molecular weight is 455 g/mol. The topological polar surface area (TPSA) is 55.0 Å². The zero-order valence-electron chi connectivity index (χ0n) is 19.4. The van der Waals surface area contributed by atoms with Crippen LogP contribution < -0.4 is 16.4 Å². The van der Waals surface area contributed by atoms with Crippen LogP contribution in [0.2, 0.25) is 0 Å². The largest absolute Gasteiger partial charge is 0.347 e. The molecule has 1 unspecified atom stereocenters. The van der Waals surface area contributed by atoms with Crippen LogP contribution in [0.1, 0.15) is 48.3 Å². The first-order chi connectivity index (χ1) is 15.3. The van der Waals surface area contributed by atoms with E-state index in [-0.39, 0.29) is 12.4 Å². The molecule has 2 aromatic carbocycles. The first kappa shape index (κ1) is 24.8. The molecule has 1 aliphatic rings. The van der Waals surface area contributed by atoms with Crippen LogP contribution in [0.4, 0.5) is 0 Å². The van der Waals surface area contributed by atoms with Gasteiger partial charge in [-0.05, 0) is 88.4 Å². The summed E-state index contributed by atoms with van der Waals surface area (Å²) in [5, 5.41) is 8.51. The van der Waals surface area contributed by atoms with E-state index in [1.807, 2.05) is 0 Å². The number of rotatable bonds is 10. The number of nitrogens with two attached hydrogens (primary N) is 1. The van der Waals surface area contributed by atoms with Gasteiger partial charge in [0.1, 0.15) is 0 Å². The monoisotopic (exact) mass is 454 g/mol. The number of benzene rings is 2. The summed E-state index contributed by atoms with van der Waals surface area (Å²) in [5.74, 6) is 1.16. The Morgan fingerprint density at radius 1 is 1.09 bits per heavy atom. The quantitative estimate of drug-likeness (QED) is 0.384. The second-order valence-corrected chi connectivity index (χ2v) is 9.09. The Hall–Kier alpha value is -1.85. The highest BCUT2D eigenvalue weighted by molar-refractivity contribution is 5.85. The van der Waals surface area contributed by atoms with E-state index in [0.29, 0.717) is 5.92 Å². The van der Waals surface area contributed by atoms with Crippen molar-refractivity contribution < 1.29 is 0 Å². The lowest BCUT2D eigenvalue weighted by molar-refractivity contribution is 0.336. The fourth-order valence-corrected chi connectivity index (χ4v) is 5.03. The first-order valence-corrected chi connectivity index (χ1v) is 12.0. The molecule has 1 fully saturated rings. The molecule has 1 aliphatic heterocycles. The Balaban J connectivity index is 0.00000289. The van der Waals surface area contributed by atoms with E-state index >= 15 is 0 Å². The maximum Gasteiger partial charge on any atom is 0.0483 e. The molecule has 174 valence electrons. The number of halogens is 1. The van der Waals surface area contributed by atoms with Crippen molar-refractivity contribution >= 4 is 23.3 Å². The van der Waals surface area contributed by atoms with Gasteiger partial charge in [0.2, 0.25) is 0 Å². The normalized spacial score (nSPS) is 15.6. The van der Waals surface area contributed by atoms with Gasteiger partial charge in [-0.15, -0.1) is 12.4 Å². The van der Waals surface area contributed by atoms with Crippen molar-refractivity contribution in [3.8, 4) is 0 Å². The van der Waals surface area contributed by atoms with Gasteiger partial charge in [-0.2, -0.15) is 0 Å². The third-order valence-corrected chi connectivity index (χ3v) is 6.72. The minimum absolute atomic E-state index is 0. The summed E-state index contributed by atoms with van der Waals surface area (Å²) >= 11 is 0. The lowest BCUT2D eigenvalue weighted by atomic mass is 9.87. The van der Waals surface area contributed by atoms with E-state index in [9.17, 15) is 0 Å². The fraction of sp³-hybridized carbons (Fsp3) is 0.481. The molecule has 1 atom stereocenters. The smallest absolute Gasteiger partial charge is 0.0483 e. The Morgan fingerprint density at radius 3 is 2.69 bits per heavy atom. The Kier molecular flexibility index (Phi) is 9.61. The molecular formula is C27H39ClN4. The van der Waals surface area contributed by atoms with Gasteiger partial charge in [-0.1, -0.05) is 48.0 Å². The number of piperidine rings is 1. The van der Waals surface area contributed by atoms with Gasteiger partial charge >= 0.3 is 0 Å². The van der Waals surface area contributed by atoms with Crippen molar-refractivity contribution in [1.82, 2.24) is 15.2 Å². The predicted molar refractivity (Wildman–Crippen MR) is 139 cm³/mol. The highest BCUT2D eigenvalue weighted by Crippen LogP contribution is 2.35. The summed E-state index contributed by atoms with van der Waals surface area (Å²) in [4.78, 5) is 0. The average Bonchev–Trinajstić information content (AvgIpc) is 3.15. The number of fused-ring (bicyclic) bond motifs is 1. The molecule has 0 amide bonds. The number of nitrogens with one attached hydrogen (secondary N) is 2. The molecule has 0 saturated carbocycles. The second kappa shape index (κ2) is 12.4. The molecule has 4 nitrogen and oxygen atoms in total. The number of aryl methyl sites for hydroxylation is 1. The highest BCUT2D eigenvalue weighted by atomic mass is 35.5. The van der Waals surface area contributed by atoms with Gasteiger partial charge in [-0.3, -0.25) is 0 Å². The molecule has 0 spiro atoms. The van der Waals surface area contributed by atoms with Crippen LogP contribution in [0, 0.1) is 12.8 Å². The van der Waals surface area contributed by atoms with Crippen molar-refractivity contribution in [2.45, 2.75) is 45.1 Å². The second-order valence-electron chi connectivity index (χ2n) is 9.09. The summed E-state index contributed by atoms with van der Waals surface area (Å²) in [6.07, 6.45) is 7.13. The summed E-state index contributed by atoms with van der Waals surface area (Å²) in [5.41, 5.74) is 11.3. The SMILES string of the molecule is Cc1cccc(C(CCNCCCN)c2cn(CC3CCNCC3)c3ccccc23)c1.Cl. The Labute approximate surface area is 199 Å². The van der Waals surface area contributed by atoms with Gasteiger partial charge in [0, 0.05) is 29.6 Å². The predicted octanol–water partition coefficient (Wildman–Crippen LogP) is 4.83. The Bertz CT molecular complexity index is 961. The molecule has 3 aromatic rings. The van der Waals surface area contributed by atoms with E-state index in [4.69, 9.17) is 5.73 Å². The molecule has 1 saturated heterocycles. The van der Waals surface area contributed by atoms with Gasteiger partial charge < -0.3 is 20.9 Å². The number of hydrogen-bond acceptors (Lipinski definition) is 3.